The van der Waals surface area contributed by atoms with Crippen molar-refractivity contribution in [1.29, 1.82) is 0 Å². The second kappa shape index (κ2) is 13.8. The predicted octanol–water partition coefficient (Wildman–Crippen LogP) is 7.78. The maximum absolute atomic E-state index is 12.0. The fourth-order valence-corrected chi connectivity index (χ4v) is 8.30. The summed E-state index contributed by atoms with van der Waals surface area (Å²) in [5.74, 6) is 3.68. The van der Waals surface area contributed by atoms with Gasteiger partial charge in [-0.3, -0.25) is 10.1 Å². The minimum absolute atomic E-state index is 0.0244. The fourth-order valence-electron chi connectivity index (χ4n) is 4.05. The molecule has 0 N–H and O–H groups in total. The first-order valence-corrected chi connectivity index (χ1v) is 15.6. The van der Waals surface area contributed by atoms with Crippen LogP contribution in [0.25, 0.3) is 0 Å². The zero-order valence-electron chi connectivity index (χ0n) is 21.8. The molecule has 4 rings (SSSR count). The number of methoxy groups -OCH3 is 4. The molecule has 2 atom stereocenters. The number of benzene rings is 3. The molecule has 208 valence electrons. The summed E-state index contributed by atoms with van der Waals surface area (Å²) in [7, 11) is 6.26. The largest absolute Gasteiger partial charge is 0.493 e. The molecular formula is C27H28BrNO7S3. The van der Waals surface area contributed by atoms with Gasteiger partial charge in [0, 0.05) is 32.2 Å². The molecule has 0 unspecified atom stereocenters. The van der Waals surface area contributed by atoms with Gasteiger partial charge < -0.3 is 23.7 Å². The van der Waals surface area contributed by atoms with Crippen molar-refractivity contribution in [3.63, 3.8) is 0 Å². The molecule has 1 aliphatic heterocycles. The Labute approximate surface area is 248 Å². The second-order valence-electron chi connectivity index (χ2n) is 8.23. The van der Waals surface area contributed by atoms with Crippen LogP contribution in [-0.2, 0) is 0 Å². The number of nitro benzene ring substituents is 1. The van der Waals surface area contributed by atoms with Gasteiger partial charge in [-0.25, -0.2) is 0 Å². The Kier molecular flexibility index (Phi) is 10.4. The summed E-state index contributed by atoms with van der Waals surface area (Å²) in [4.78, 5) is 12.7. The van der Waals surface area contributed by atoms with Gasteiger partial charge in [0.05, 0.1) is 44.6 Å². The Balaban J connectivity index is 1.50. The van der Waals surface area contributed by atoms with Gasteiger partial charge in [0.1, 0.15) is 0 Å². The predicted molar refractivity (Wildman–Crippen MR) is 162 cm³/mol. The smallest absolute Gasteiger partial charge is 0.315 e. The number of rotatable bonds is 12. The molecule has 8 nitrogen and oxygen atoms in total. The zero-order chi connectivity index (χ0) is 27.9. The Bertz CT molecular complexity index is 1280. The summed E-state index contributed by atoms with van der Waals surface area (Å²) in [6.07, 6.45) is 0. The fraction of sp³-hybridized carbons (Fsp3) is 0.333. The molecule has 39 heavy (non-hydrogen) atoms. The number of nitro groups is 1. The lowest BCUT2D eigenvalue weighted by Gasteiger charge is -2.17. The molecular weight excluding hydrogens is 626 g/mol. The Morgan fingerprint density at radius 2 is 1.54 bits per heavy atom. The van der Waals surface area contributed by atoms with Crippen LogP contribution < -0.4 is 23.7 Å². The van der Waals surface area contributed by atoms with Gasteiger partial charge in [0.15, 0.2) is 17.2 Å². The highest BCUT2D eigenvalue weighted by Crippen LogP contribution is 2.58. The third-order valence-corrected chi connectivity index (χ3v) is 10.7. The second-order valence-corrected chi connectivity index (χ2v) is 13.1. The maximum atomic E-state index is 12.0. The van der Waals surface area contributed by atoms with Crippen LogP contribution in [0.15, 0.2) is 57.9 Å². The zero-order valence-corrected chi connectivity index (χ0v) is 25.8. The van der Waals surface area contributed by atoms with Crippen molar-refractivity contribution in [2.45, 2.75) is 14.7 Å². The third-order valence-electron chi connectivity index (χ3n) is 5.90. The number of halogens is 1. The highest BCUT2D eigenvalue weighted by Gasteiger charge is 2.33. The van der Waals surface area contributed by atoms with E-state index in [0.29, 0.717) is 35.4 Å². The normalized spacial score (nSPS) is 16.5. The average molecular weight is 655 g/mol. The van der Waals surface area contributed by atoms with Crippen LogP contribution in [0.1, 0.15) is 21.0 Å². The molecule has 1 fully saturated rings. The topological polar surface area (TPSA) is 89.3 Å². The Hall–Kier alpha value is -2.41. The molecule has 0 aliphatic carbocycles. The van der Waals surface area contributed by atoms with E-state index < -0.39 is 4.92 Å². The molecule has 0 spiro atoms. The monoisotopic (exact) mass is 653 g/mol. The van der Waals surface area contributed by atoms with E-state index in [4.69, 9.17) is 23.7 Å². The van der Waals surface area contributed by atoms with Gasteiger partial charge in [0.2, 0.25) is 11.5 Å². The first-order valence-electron chi connectivity index (χ1n) is 11.8. The number of nitrogens with zero attached hydrogens (tertiary/aromatic N) is 1. The molecule has 1 heterocycles. The molecule has 1 aliphatic rings. The van der Waals surface area contributed by atoms with Crippen LogP contribution >= 0.6 is 51.2 Å². The minimum atomic E-state index is -0.413. The van der Waals surface area contributed by atoms with E-state index in [1.54, 1.807) is 62.7 Å². The van der Waals surface area contributed by atoms with E-state index in [1.165, 1.54) is 7.11 Å². The van der Waals surface area contributed by atoms with Crippen molar-refractivity contribution in [3.8, 4) is 28.7 Å². The summed E-state index contributed by atoms with van der Waals surface area (Å²) < 4.78 is 28.9. The molecule has 0 saturated carbocycles. The van der Waals surface area contributed by atoms with Crippen LogP contribution in [0.2, 0.25) is 0 Å². The van der Waals surface area contributed by atoms with Crippen molar-refractivity contribution in [1.82, 2.24) is 0 Å². The molecule has 0 aromatic heterocycles. The van der Waals surface area contributed by atoms with Crippen LogP contribution in [0.3, 0.4) is 0 Å². The Morgan fingerprint density at radius 3 is 2.13 bits per heavy atom. The molecule has 1 saturated heterocycles. The lowest BCUT2D eigenvalue weighted by Crippen LogP contribution is -2.05. The summed E-state index contributed by atoms with van der Waals surface area (Å²) in [5, 5.41) is 12.2. The van der Waals surface area contributed by atoms with Crippen LogP contribution in [-0.4, -0.2) is 51.5 Å². The van der Waals surface area contributed by atoms with Gasteiger partial charge in [-0.05, 0) is 53.6 Å². The molecule has 3 aromatic carbocycles. The van der Waals surface area contributed by atoms with Gasteiger partial charge in [-0.15, -0.1) is 35.3 Å². The quantitative estimate of drug-likeness (QED) is 0.0835. The average Bonchev–Trinajstić information content (AvgIpc) is 3.45. The lowest BCUT2D eigenvalue weighted by molar-refractivity contribution is -0.386. The van der Waals surface area contributed by atoms with E-state index in [0.717, 1.165) is 26.2 Å². The van der Waals surface area contributed by atoms with Crippen molar-refractivity contribution in [2.24, 2.45) is 0 Å². The SMILES string of the molecule is COc1cc([C@H]2CS[C@H](c3cc(OC)c(OCCSc4ccc(Br)cc4)c([N+](=O)[O-])c3)S2)cc(OC)c1OC. The maximum Gasteiger partial charge on any atom is 0.315 e. The van der Waals surface area contributed by atoms with E-state index in [1.807, 2.05) is 42.5 Å². The van der Waals surface area contributed by atoms with E-state index in [9.17, 15) is 10.1 Å². The summed E-state index contributed by atoms with van der Waals surface area (Å²) >= 11 is 8.49. The molecule has 0 bridgehead atoms. The number of hydrogen-bond donors (Lipinski definition) is 0. The molecule has 12 heteroatoms. The highest BCUT2D eigenvalue weighted by atomic mass is 79.9. The van der Waals surface area contributed by atoms with Crippen molar-refractivity contribution < 1.29 is 28.6 Å². The van der Waals surface area contributed by atoms with Crippen LogP contribution in [0, 0.1) is 10.1 Å². The highest BCUT2D eigenvalue weighted by molar-refractivity contribution is 9.10. The summed E-state index contributed by atoms with van der Waals surface area (Å²) in [6.45, 7) is 0.299. The van der Waals surface area contributed by atoms with E-state index in [-0.39, 0.29) is 21.3 Å². The van der Waals surface area contributed by atoms with Crippen molar-refractivity contribution in [3.05, 3.63) is 74.2 Å². The van der Waals surface area contributed by atoms with Gasteiger partial charge in [0.25, 0.3) is 0 Å². The van der Waals surface area contributed by atoms with Crippen LogP contribution in [0.4, 0.5) is 5.69 Å². The van der Waals surface area contributed by atoms with Gasteiger partial charge >= 0.3 is 5.69 Å². The summed E-state index contributed by atoms with van der Waals surface area (Å²) in [6, 6.07) is 15.3. The summed E-state index contributed by atoms with van der Waals surface area (Å²) in [5.41, 5.74) is 1.74. The number of thioether (sulfide) groups is 3. The minimum Gasteiger partial charge on any atom is -0.493 e. The molecule has 0 amide bonds. The van der Waals surface area contributed by atoms with E-state index in [2.05, 4.69) is 15.9 Å². The first-order chi connectivity index (χ1) is 18.9. The third kappa shape index (κ3) is 7.03. The Morgan fingerprint density at radius 1 is 0.923 bits per heavy atom. The molecule has 3 aromatic rings. The number of hydrogen-bond acceptors (Lipinski definition) is 10. The standard InChI is InChI=1S/C27H28BrNO7S3/c1-32-21-14-17(11-20(29(30)31)25(21)36-9-10-37-19-7-5-18(28)6-8-19)27-38-15-24(39-27)16-12-22(33-2)26(35-4)23(13-16)34-3/h5-8,11-14,24,27H,9-10,15H2,1-4H3/t24-,27+/m1/s1. The van der Waals surface area contributed by atoms with E-state index >= 15 is 0 Å². The van der Waals surface area contributed by atoms with Crippen molar-refractivity contribution in [2.75, 3.05) is 46.6 Å². The first kappa shape index (κ1) is 29.6. The lowest BCUT2D eigenvalue weighted by atomic mass is 10.1. The van der Waals surface area contributed by atoms with Gasteiger partial charge in [-0.2, -0.15) is 0 Å². The number of ether oxygens (including phenoxy) is 5. The van der Waals surface area contributed by atoms with Crippen molar-refractivity contribution >= 4 is 56.9 Å². The van der Waals surface area contributed by atoms with Gasteiger partial charge in [-0.1, -0.05) is 15.9 Å². The van der Waals surface area contributed by atoms with Crippen LogP contribution in [0.5, 0.6) is 28.7 Å². The molecule has 0 radical (unpaired) electrons.